The molecule has 1 heterocycles. The predicted molar refractivity (Wildman–Crippen MR) is 101 cm³/mol. The second-order valence-electron chi connectivity index (χ2n) is 7.47. The van der Waals surface area contributed by atoms with E-state index in [0.717, 1.165) is 44.6 Å². The molecule has 2 unspecified atom stereocenters. The van der Waals surface area contributed by atoms with Gasteiger partial charge in [-0.05, 0) is 57.4 Å². The molecule has 2 fully saturated rings. The average molecular weight is 359 g/mol. The minimum atomic E-state index is -0.0752. The molecule has 1 aliphatic carbocycles. The minimum Gasteiger partial charge on any atom is -0.373 e. The molecule has 6 heteroatoms. The molecule has 0 radical (unpaired) electrons. The van der Waals surface area contributed by atoms with E-state index in [1.54, 1.807) is 24.3 Å². The van der Waals surface area contributed by atoms with E-state index in [1.807, 2.05) is 0 Å². The van der Waals surface area contributed by atoms with Crippen LogP contribution in [0.5, 0.6) is 0 Å². The van der Waals surface area contributed by atoms with Crippen LogP contribution < -0.4 is 10.6 Å². The highest BCUT2D eigenvalue weighted by atomic mass is 16.5. The monoisotopic (exact) mass is 359 g/mol. The Balaban J connectivity index is 1.37. The number of carbonyl (C=O) groups excluding carboxylic acids is 2. The van der Waals surface area contributed by atoms with Crippen molar-refractivity contribution in [3.8, 4) is 0 Å². The van der Waals surface area contributed by atoms with E-state index in [-0.39, 0.29) is 29.9 Å². The van der Waals surface area contributed by atoms with E-state index in [0.29, 0.717) is 12.1 Å². The summed E-state index contributed by atoms with van der Waals surface area (Å²) in [7, 11) is 0. The van der Waals surface area contributed by atoms with E-state index >= 15 is 0 Å². The maximum Gasteiger partial charge on any atom is 0.251 e. The zero-order valence-corrected chi connectivity index (χ0v) is 15.7. The standard InChI is InChI=1S/C20H29N3O3/c1-14-12-23(13-15(2)26-14)11-3-10-21-19(24)16-6-8-18(9-7-16)22-20(25)17-4-5-17/h6-9,14-15,17H,3-5,10-13H2,1-2H3,(H,21,24)(H,22,25). The first kappa shape index (κ1) is 18.9. The molecule has 3 rings (SSSR count). The molecule has 6 nitrogen and oxygen atoms in total. The van der Waals surface area contributed by atoms with Crippen LogP contribution >= 0.6 is 0 Å². The molecule has 0 spiro atoms. The average Bonchev–Trinajstić information content (AvgIpc) is 3.43. The van der Waals surface area contributed by atoms with Gasteiger partial charge in [-0.1, -0.05) is 0 Å². The summed E-state index contributed by atoms with van der Waals surface area (Å²) in [5.74, 6) is 0.179. The summed E-state index contributed by atoms with van der Waals surface area (Å²) in [6.07, 6.45) is 3.42. The molecule has 1 saturated heterocycles. The van der Waals surface area contributed by atoms with Gasteiger partial charge in [0.2, 0.25) is 5.91 Å². The third-order valence-corrected chi connectivity index (χ3v) is 4.79. The lowest BCUT2D eigenvalue weighted by Crippen LogP contribution is -2.46. The Hall–Kier alpha value is -1.92. The Labute approximate surface area is 155 Å². The van der Waals surface area contributed by atoms with Gasteiger partial charge in [-0.25, -0.2) is 0 Å². The quantitative estimate of drug-likeness (QED) is 0.733. The van der Waals surface area contributed by atoms with Crippen LogP contribution in [-0.4, -0.2) is 55.1 Å². The highest BCUT2D eigenvalue weighted by Crippen LogP contribution is 2.30. The van der Waals surface area contributed by atoms with Gasteiger partial charge in [0.05, 0.1) is 12.2 Å². The first-order valence-electron chi connectivity index (χ1n) is 9.58. The summed E-state index contributed by atoms with van der Waals surface area (Å²) in [4.78, 5) is 26.3. The Kier molecular flexibility index (Phi) is 6.27. The summed E-state index contributed by atoms with van der Waals surface area (Å²) in [6.45, 7) is 7.71. The third-order valence-electron chi connectivity index (χ3n) is 4.79. The van der Waals surface area contributed by atoms with Crippen LogP contribution in [-0.2, 0) is 9.53 Å². The van der Waals surface area contributed by atoms with E-state index in [2.05, 4.69) is 29.4 Å². The van der Waals surface area contributed by atoms with Crippen LogP contribution in [0.25, 0.3) is 0 Å². The predicted octanol–water partition coefficient (Wildman–Crippen LogP) is 2.26. The van der Waals surface area contributed by atoms with Crippen molar-refractivity contribution in [3.05, 3.63) is 29.8 Å². The topological polar surface area (TPSA) is 70.7 Å². The number of benzene rings is 1. The second-order valence-corrected chi connectivity index (χ2v) is 7.47. The number of morpholine rings is 1. The molecule has 26 heavy (non-hydrogen) atoms. The first-order chi connectivity index (χ1) is 12.5. The Morgan fingerprint density at radius 3 is 2.38 bits per heavy atom. The lowest BCUT2D eigenvalue weighted by atomic mass is 10.2. The van der Waals surface area contributed by atoms with Gasteiger partial charge < -0.3 is 15.4 Å². The largest absolute Gasteiger partial charge is 0.373 e. The second kappa shape index (κ2) is 8.64. The van der Waals surface area contributed by atoms with E-state index in [1.165, 1.54) is 0 Å². The molecular formula is C20H29N3O3. The minimum absolute atomic E-state index is 0.0752. The Morgan fingerprint density at radius 2 is 1.77 bits per heavy atom. The van der Waals surface area contributed by atoms with E-state index in [9.17, 15) is 9.59 Å². The number of ether oxygens (including phenoxy) is 1. The fourth-order valence-corrected chi connectivity index (χ4v) is 3.37. The molecule has 1 aromatic rings. The summed E-state index contributed by atoms with van der Waals surface area (Å²) in [5.41, 5.74) is 1.36. The number of hydrogen-bond donors (Lipinski definition) is 2. The van der Waals surface area contributed by atoms with Crippen molar-refractivity contribution in [2.24, 2.45) is 5.92 Å². The number of amides is 2. The zero-order chi connectivity index (χ0) is 18.5. The molecular weight excluding hydrogens is 330 g/mol. The summed E-state index contributed by atoms with van der Waals surface area (Å²) in [6, 6.07) is 7.07. The molecule has 2 N–H and O–H groups in total. The Bertz CT molecular complexity index is 618. The zero-order valence-electron chi connectivity index (χ0n) is 15.7. The van der Waals surface area contributed by atoms with Gasteiger partial charge in [-0.3, -0.25) is 14.5 Å². The fraction of sp³-hybridized carbons (Fsp3) is 0.600. The van der Waals surface area contributed by atoms with Gasteiger partial charge in [0, 0.05) is 43.3 Å². The SMILES string of the molecule is CC1CN(CCCNC(=O)c2ccc(NC(=O)C3CC3)cc2)CC(C)O1. The van der Waals surface area contributed by atoms with Crippen molar-refractivity contribution < 1.29 is 14.3 Å². The smallest absolute Gasteiger partial charge is 0.251 e. The van der Waals surface area contributed by atoms with Crippen molar-refractivity contribution in [1.82, 2.24) is 10.2 Å². The van der Waals surface area contributed by atoms with Crippen molar-refractivity contribution in [2.75, 3.05) is 31.5 Å². The van der Waals surface area contributed by atoms with Crippen LogP contribution in [0.4, 0.5) is 5.69 Å². The van der Waals surface area contributed by atoms with Gasteiger partial charge in [-0.15, -0.1) is 0 Å². The molecule has 2 aliphatic rings. The molecule has 1 aromatic carbocycles. The number of rotatable bonds is 7. The Morgan fingerprint density at radius 1 is 1.12 bits per heavy atom. The van der Waals surface area contributed by atoms with Crippen molar-refractivity contribution >= 4 is 17.5 Å². The normalized spacial score (nSPS) is 23.5. The molecule has 1 aliphatic heterocycles. The molecule has 2 atom stereocenters. The van der Waals surface area contributed by atoms with E-state index < -0.39 is 0 Å². The maximum absolute atomic E-state index is 12.2. The fourth-order valence-electron chi connectivity index (χ4n) is 3.37. The van der Waals surface area contributed by atoms with Gasteiger partial charge >= 0.3 is 0 Å². The summed E-state index contributed by atoms with van der Waals surface area (Å²) in [5, 5.41) is 5.84. The summed E-state index contributed by atoms with van der Waals surface area (Å²) >= 11 is 0. The van der Waals surface area contributed by atoms with Crippen LogP contribution in [0.2, 0.25) is 0 Å². The number of nitrogens with zero attached hydrogens (tertiary/aromatic N) is 1. The lowest BCUT2D eigenvalue weighted by molar-refractivity contribution is -0.117. The summed E-state index contributed by atoms with van der Waals surface area (Å²) < 4.78 is 5.73. The number of nitrogens with one attached hydrogen (secondary N) is 2. The molecule has 142 valence electrons. The van der Waals surface area contributed by atoms with Crippen LogP contribution in [0, 0.1) is 5.92 Å². The highest BCUT2D eigenvalue weighted by molar-refractivity contribution is 5.96. The highest BCUT2D eigenvalue weighted by Gasteiger charge is 2.29. The first-order valence-corrected chi connectivity index (χ1v) is 9.58. The van der Waals surface area contributed by atoms with Crippen molar-refractivity contribution in [1.29, 1.82) is 0 Å². The van der Waals surface area contributed by atoms with Gasteiger partial charge in [0.1, 0.15) is 0 Å². The number of carbonyl (C=O) groups is 2. The van der Waals surface area contributed by atoms with Crippen molar-refractivity contribution in [2.45, 2.75) is 45.3 Å². The molecule has 0 bridgehead atoms. The van der Waals surface area contributed by atoms with Gasteiger partial charge in [0.15, 0.2) is 0 Å². The van der Waals surface area contributed by atoms with Crippen LogP contribution in [0.1, 0.15) is 43.5 Å². The van der Waals surface area contributed by atoms with E-state index in [4.69, 9.17) is 4.74 Å². The third kappa shape index (κ3) is 5.54. The molecule has 1 saturated carbocycles. The van der Waals surface area contributed by atoms with Crippen LogP contribution in [0.3, 0.4) is 0 Å². The maximum atomic E-state index is 12.2. The van der Waals surface area contributed by atoms with Crippen molar-refractivity contribution in [3.63, 3.8) is 0 Å². The molecule has 2 amide bonds. The molecule has 0 aromatic heterocycles. The van der Waals surface area contributed by atoms with Gasteiger partial charge in [0.25, 0.3) is 5.91 Å². The number of anilines is 1. The number of hydrogen-bond acceptors (Lipinski definition) is 4. The lowest BCUT2D eigenvalue weighted by Gasteiger charge is -2.35. The van der Waals surface area contributed by atoms with Gasteiger partial charge in [-0.2, -0.15) is 0 Å². The van der Waals surface area contributed by atoms with Crippen LogP contribution in [0.15, 0.2) is 24.3 Å².